The predicted octanol–water partition coefficient (Wildman–Crippen LogP) is 2.10. The molecule has 1 aromatic rings. The standard InChI is InChI=1S/C9H8N2.C3H6O2/c1-2-6-9-8(4-1)5-3-7-10-11-9;1-2-5-3-4-1/h1-7,11H;1-3H2. The van der Waals surface area contributed by atoms with Gasteiger partial charge in [-0.15, -0.1) is 0 Å². The van der Waals surface area contributed by atoms with Crippen LogP contribution < -0.4 is 5.43 Å². The maximum Gasteiger partial charge on any atom is 0.146 e. The topological polar surface area (TPSA) is 42.9 Å². The number of nitrogens with one attached hydrogen (secondary N) is 1. The molecule has 1 N–H and O–H groups in total. The van der Waals surface area contributed by atoms with E-state index in [4.69, 9.17) is 9.47 Å². The third-order valence-corrected chi connectivity index (χ3v) is 2.12. The number of para-hydroxylation sites is 1. The number of fused-ring (bicyclic) bond motifs is 1. The zero-order valence-electron chi connectivity index (χ0n) is 8.93. The maximum atomic E-state index is 4.72. The summed E-state index contributed by atoms with van der Waals surface area (Å²) in [5.74, 6) is 0. The van der Waals surface area contributed by atoms with Crippen LogP contribution in [0.4, 0.5) is 5.69 Å². The Kier molecular flexibility index (Phi) is 4.10. The van der Waals surface area contributed by atoms with Crippen LogP contribution in [0.1, 0.15) is 5.56 Å². The van der Waals surface area contributed by atoms with E-state index < -0.39 is 0 Å². The van der Waals surface area contributed by atoms with Crippen LogP contribution in [0.3, 0.4) is 0 Å². The van der Waals surface area contributed by atoms with Crippen molar-refractivity contribution in [2.24, 2.45) is 5.10 Å². The van der Waals surface area contributed by atoms with Crippen molar-refractivity contribution in [2.75, 3.05) is 25.4 Å². The highest BCUT2D eigenvalue weighted by atomic mass is 16.7. The fourth-order valence-electron chi connectivity index (χ4n) is 1.34. The number of ether oxygens (including phenoxy) is 2. The van der Waals surface area contributed by atoms with Crippen LogP contribution in [-0.2, 0) is 9.47 Å². The fourth-order valence-corrected chi connectivity index (χ4v) is 1.34. The fraction of sp³-hybridized carbons (Fsp3) is 0.250. The lowest BCUT2D eigenvalue weighted by molar-refractivity contribution is 0.0692. The third kappa shape index (κ3) is 3.18. The van der Waals surface area contributed by atoms with Crippen LogP contribution in [0.15, 0.2) is 35.4 Å². The SMILES string of the molecule is C1=Cc2ccccc2NN=C1.C1COCO1. The number of benzene rings is 1. The molecule has 0 atom stereocenters. The van der Waals surface area contributed by atoms with E-state index in [2.05, 4.69) is 10.5 Å². The first-order valence-corrected chi connectivity index (χ1v) is 5.17. The van der Waals surface area contributed by atoms with Gasteiger partial charge in [-0.25, -0.2) is 0 Å². The second-order valence-electron chi connectivity index (χ2n) is 3.27. The van der Waals surface area contributed by atoms with Crippen molar-refractivity contribution < 1.29 is 9.47 Å². The molecule has 84 valence electrons. The van der Waals surface area contributed by atoms with Crippen molar-refractivity contribution in [1.82, 2.24) is 0 Å². The molecule has 4 nitrogen and oxygen atoms in total. The van der Waals surface area contributed by atoms with E-state index in [-0.39, 0.29) is 0 Å². The molecule has 0 radical (unpaired) electrons. The number of nitrogens with zero attached hydrogens (tertiary/aromatic N) is 1. The second kappa shape index (κ2) is 6.05. The number of hydrogen-bond donors (Lipinski definition) is 1. The quantitative estimate of drug-likeness (QED) is 0.725. The van der Waals surface area contributed by atoms with Gasteiger partial charge in [0, 0.05) is 6.21 Å². The summed E-state index contributed by atoms with van der Waals surface area (Å²) in [5.41, 5.74) is 5.16. The normalized spacial score (nSPS) is 16.8. The molecular formula is C12H14N2O2. The summed E-state index contributed by atoms with van der Waals surface area (Å²) in [5, 5.41) is 3.95. The van der Waals surface area contributed by atoms with E-state index in [1.807, 2.05) is 36.4 Å². The number of hydrazone groups is 1. The van der Waals surface area contributed by atoms with Gasteiger partial charge in [0.05, 0.1) is 18.9 Å². The number of allylic oxidation sites excluding steroid dienone is 1. The minimum absolute atomic E-state index is 0.500. The zero-order chi connectivity index (χ0) is 11.1. The van der Waals surface area contributed by atoms with Gasteiger partial charge in [0.1, 0.15) is 6.79 Å². The average Bonchev–Trinajstić information content (AvgIpc) is 2.81. The van der Waals surface area contributed by atoms with E-state index in [0.717, 1.165) is 18.9 Å². The second-order valence-corrected chi connectivity index (χ2v) is 3.27. The first-order valence-electron chi connectivity index (χ1n) is 5.17. The summed E-state index contributed by atoms with van der Waals surface area (Å²) >= 11 is 0. The van der Waals surface area contributed by atoms with E-state index >= 15 is 0 Å². The minimum atomic E-state index is 0.500. The molecule has 0 bridgehead atoms. The smallest absolute Gasteiger partial charge is 0.146 e. The molecule has 0 aliphatic carbocycles. The van der Waals surface area contributed by atoms with Gasteiger partial charge in [-0.05, 0) is 17.7 Å². The van der Waals surface area contributed by atoms with Crippen molar-refractivity contribution >= 4 is 18.0 Å². The minimum Gasteiger partial charge on any atom is -0.353 e. The van der Waals surface area contributed by atoms with Crippen LogP contribution in [0.2, 0.25) is 0 Å². The van der Waals surface area contributed by atoms with Crippen LogP contribution in [0.25, 0.3) is 6.08 Å². The highest BCUT2D eigenvalue weighted by Crippen LogP contribution is 2.17. The molecule has 2 aliphatic heterocycles. The molecule has 2 aliphatic rings. The largest absolute Gasteiger partial charge is 0.353 e. The van der Waals surface area contributed by atoms with Gasteiger partial charge in [0.15, 0.2) is 0 Å². The van der Waals surface area contributed by atoms with Crippen molar-refractivity contribution in [3.05, 3.63) is 35.9 Å². The first-order chi connectivity index (χ1) is 7.97. The summed E-state index contributed by atoms with van der Waals surface area (Å²) < 4.78 is 9.44. The van der Waals surface area contributed by atoms with Gasteiger partial charge in [0.2, 0.25) is 0 Å². The summed E-state index contributed by atoms with van der Waals surface area (Å²) in [6.45, 7) is 2.06. The van der Waals surface area contributed by atoms with Gasteiger partial charge in [-0.1, -0.05) is 24.3 Å². The highest BCUT2D eigenvalue weighted by molar-refractivity contribution is 5.83. The van der Waals surface area contributed by atoms with Crippen LogP contribution in [0.5, 0.6) is 0 Å². The molecule has 16 heavy (non-hydrogen) atoms. The Morgan fingerprint density at radius 3 is 2.69 bits per heavy atom. The maximum absolute atomic E-state index is 4.72. The highest BCUT2D eigenvalue weighted by Gasteiger charge is 1.96. The van der Waals surface area contributed by atoms with Crippen molar-refractivity contribution in [3.63, 3.8) is 0 Å². The van der Waals surface area contributed by atoms with Gasteiger partial charge in [-0.2, -0.15) is 5.10 Å². The van der Waals surface area contributed by atoms with Crippen molar-refractivity contribution in [3.8, 4) is 0 Å². The molecule has 0 unspecified atom stereocenters. The zero-order valence-corrected chi connectivity index (χ0v) is 8.93. The summed E-state index contributed by atoms with van der Waals surface area (Å²) in [6, 6.07) is 8.05. The summed E-state index contributed by atoms with van der Waals surface area (Å²) in [7, 11) is 0. The van der Waals surface area contributed by atoms with Gasteiger partial charge >= 0.3 is 0 Å². The van der Waals surface area contributed by atoms with Gasteiger partial charge in [0.25, 0.3) is 0 Å². The van der Waals surface area contributed by atoms with Gasteiger partial charge in [-0.3, -0.25) is 5.43 Å². The number of hydrogen-bond acceptors (Lipinski definition) is 4. The molecule has 4 heteroatoms. The summed E-state index contributed by atoms with van der Waals surface area (Å²) in [6.07, 6.45) is 5.68. The lowest BCUT2D eigenvalue weighted by Crippen LogP contribution is -1.87. The summed E-state index contributed by atoms with van der Waals surface area (Å²) in [4.78, 5) is 0. The molecule has 0 spiro atoms. The van der Waals surface area contributed by atoms with Crippen LogP contribution >= 0.6 is 0 Å². The Balaban J connectivity index is 0.000000162. The van der Waals surface area contributed by atoms with Crippen LogP contribution in [0, 0.1) is 0 Å². The van der Waals surface area contributed by atoms with Gasteiger partial charge < -0.3 is 9.47 Å². The molecule has 1 aromatic carbocycles. The lowest BCUT2D eigenvalue weighted by atomic mass is 10.2. The molecule has 0 saturated carbocycles. The van der Waals surface area contributed by atoms with E-state index in [1.165, 1.54) is 5.56 Å². The molecule has 1 saturated heterocycles. The molecule has 2 heterocycles. The average molecular weight is 218 g/mol. The Morgan fingerprint density at radius 2 is 1.94 bits per heavy atom. The van der Waals surface area contributed by atoms with E-state index in [1.54, 1.807) is 6.21 Å². The Bertz CT molecular complexity index is 377. The monoisotopic (exact) mass is 218 g/mol. The van der Waals surface area contributed by atoms with Crippen molar-refractivity contribution in [2.45, 2.75) is 0 Å². The molecule has 1 fully saturated rings. The first kappa shape index (κ1) is 10.9. The van der Waals surface area contributed by atoms with E-state index in [9.17, 15) is 0 Å². The number of anilines is 1. The molecular weight excluding hydrogens is 204 g/mol. The van der Waals surface area contributed by atoms with E-state index in [0.29, 0.717) is 6.79 Å². The van der Waals surface area contributed by atoms with Crippen molar-refractivity contribution in [1.29, 1.82) is 0 Å². The lowest BCUT2D eigenvalue weighted by Gasteiger charge is -2.00. The Hall–Kier alpha value is -1.65. The predicted molar refractivity (Wildman–Crippen MR) is 64.4 cm³/mol. The Labute approximate surface area is 94.6 Å². The number of rotatable bonds is 0. The molecule has 0 amide bonds. The molecule has 3 rings (SSSR count). The van der Waals surface area contributed by atoms with Crippen LogP contribution in [-0.4, -0.2) is 26.2 Å². The molecule has 0 aromatic heterocycles. The third-order valence-electron chi connectivity index (χ3n) is 2.12. The Morgan fingerprint density at radius 1 is 1.12 bits per heavy atom.